The van der Waals surface area contributed by atoms with Gasteiger partial charge in [-0.15, -0.1) is 0 Å². The minimum Gasteiger partial charge on any atom is -0.344 e. The van der Waals surface area contributed by atoms with E-state index in [-0.39, 0.29) is 18.7 Å². The fourth-order valence-corrected chi connectivity index (χ4v) is 1.10. The van der Waals surface area contributed by atoms with Gasteiger partial charge >= 0.3 is 6.18 Å². The summed E-state index contributed by atoms with van der Waals surface area (Å²) in [5, 5.41) is 2.32. The van der Waals surface area contributed by atoms with Gasteiger partial charge in [0.1, 0.15) is 0 Å². The van der Waals surface area contributed by atoms with Crippen molar-refractivity contribution in [3.05, 3.63) is 29.6 Å². The Morgan fingerprint density at radius 1 is 1.50 bits per heavy atom. The lowest BCUT2D eigenvalue weighted by Gasteiger charge is -2.07. The number of rotatable bonds is 2. The van der Waals surface area contributed by atoms with Gasteiger partial charge in [0.05, 0.1) is 24.2 Å². The first-order valence-corrected chi connectivity index (χ1v) is 4.92. The standard InChI is InChI=1S/C11H10F3N3O/c12-11(13,14)9-3-5-16-7-8(9)2-1-4-17-10(18)6-15/h3,5,7H,4,6,15H2,(H,17,18). The van der Waals surface area contributed by atoms with Crippen LogP contribution in [0.3, 0.4) is 0 Å². The first-order chi connectivity index (χ1) is 8.45. The van der Waals surface area contributed by atoms with Gasteiger partial charge in [-0.25, -0.2) is 0 Å². The number of alkyl halides is 3. The Morgan fingerprint density at radius 3 is 2.83 bits per heavy atom. The summed E-state index contributed by atoms with van der Waals surface area (Å²) in [6.07, 6.45) is -2.40. The molecule has 1 heterocycles. The third kappa shape index (κ3) is 4.07. The van der Waals surface area contributed by atoms with E-state index in [1.54, 1.807) is 0 Å². The number of nitrogens with two attached hydrogens (primary N) is 1. The van der Waals surface area contributed by atoms with Crippen LogP contribution in [0.5, 0.6) is 0 Å². The number of nitrogens with zero attached hydrogens (tertiary/aromatic N) is 1. The van der Waals surface area contributed by atoms with E-state index in [2.05, 4.69) is 22.1 Å². The number of carbonyl (C=O) groups excluding carboxylic acids is 1. The molecule has 7 heteroatoms. The zero-order valence-corrected chi connectivity index (χ0v) is 9.21. The summed E-state index contributed by atoms with van der Waals surface area (Å²) in [5.74, 6) is 4.29. The molecule has 4 nitrogen and oxygen atoms in total. The van der Waals surface area contributed by atoms with Crippen molar-refractivity contribution in [3.63, 3.8) is 0 Å². The molecule has 0 saturated carbocycles. The molecule has 3 N–H and O–H groups in total. The number of amides is 1. The fourth-order valence-electron chi connectivity index (χ4n) is 1.10. The lowest BCUT2D eigenvalue weighted by Crippen LogP contribution is -2.30. The minimum atomic E-state index is -4.48. The molecule has 0 aliphatic heterocycles. The fraction of sp³-hybridized carbons (Fsp3) is 0.273. The number of hydrogen-bond donors (Lipinski definition) is 2. The monoisotopic (exact) mass is 257 g/mol. The summed E-state index contributed by atoms with van der Waals surface area (Å²) in [4.78, 5) is 14.3. The average molecular weight is 257 g/mol. The van der Waals surface area contributed by atoms with E-state index < -0.39 is 17.6 Å². The van der Waals surface area contributed by atoms with E-state index >= 15 is 0 Å². The van der Waals surface area contributed by atoms with Gasteiger partial charge in [-0.2, -0.15) is 13.2 Å². The van der Waals surface area contributed by atoms with Crippen LogP contribution < -0.4 is 11.1 Å². The highest BCUT2D eigenvalue weighted by Gasteiger charge is 2.32. The number of aromatic nitrogens is 1. The van der Waals surface area contributed by atoms with Crippen LogP contribution >= 0.6 is 0 Å². The lowest BCUT2D eigenvalue weighted by molar-refractivity contribution is -0.137. The third-order valence-corrected chi connectivity index (χ3v) is 1.91. The van der Waals surface area contributed by atoms with Gasteiger partial charge in [-0.05, 0) is 6.07 Å². The predicted molar refractivity (Wildman–Crippen MR) is 58.2 cm³/mol. The van der Waals surface area contributed by atoms with Gasteiger partial charge in [-0.1, -0.05) is 11.8 Å². The number of hydrogen-bond acceptors (Lipinski definition) is 3. The molecule has 1 aromatic heterocycles. The van der Waals surface area contributed by atoms with E-state index in [0.29, 0.717) is 0 Å². The Morgan fingerprint density at radius 2 is 2.22 bits per heavy atom. The molecule has 0 atom stereocenters. The highest BCUT2D eigenvalue weighted by Crippen LogP contribution is 2.30. The minimum absolute atomic E-state index is 0.0672. The van der Waals surface area contributed by atoms with E-state index in [0.717, 1.165) is 18.5 Å². The summed E-state index contributed by atoms with van der Waals surface area (Å²) < 4.78 is 37.7. The van der Waals surface area contributed by atoms with Gasteiger partial charge in [-0.3, -0.25) is 9.78 Å². The second-order valence-corrected chi connectivity index (χ2v) is 3.20. The Balaban J connectivity index is 2.79. The van der Waals surface area contributed by atoms with Crippen LogP contribution in [0.25, 0.3) is 0 Å². The topological polar surface area (TPSA) is 68.0 Å². The maximum Gasteiger partial charge on any atom is 0.417 e. The molecule has 1 rings (SSSR count). The summed E-state index contributed by atoms with van der Waals surface area (Å²) in [6.45, 7) is -0.259. The van der Waals surface area contributed by atoms with Crippen molar-refractivity contribution in [2.75, 3.05) is 13.1 Å². The van der Waals surface area contributed by atoms with Crippen molar-refractivity contribution in [3.8, 4) is 11.8 Å². The third-order valence-electron chi connectivity index (χ3n) is 1.91. The molecule has 0 unspecified atom stereocenters. The maximum atomic E-state index is 12.6. The Hall–Kier alpha value is -2.07. The molecule has 0 saturated heterocycles. The molecule has 1 amide bonds. The molecule has 1 aromatic rings. The second kappa shape index (κ2) is 6.02. The van der Waals surface area contributed by atoms with E-state index in [1.807, 2.05) is 0 Å². The van der Waals surface area contributed by atoms with Crippen molar-refractivity contribution in [1.82, 2.24) is 10.3 Å². The highest BCUT2D eigenvalue weighted by molar-refractivity contribution is 5.77. The Bertz CT molecular complexity index is 488. The molecule has 0 spiro atoms. The average Bonchev–Trinajstić information content (AvgIpc) is 2.33. The highest BCUT2D eigenvalue weighted by atomic mass is 19.4. The molecule has 0 bridgehead atoms. The number of carbonyl (C=O) groups is 1. The largest absolute Gasteiger partial charge is 0.417 e. The summed E-state index contributed by atoms with van der Waals surface area (Å²) in [7, 11) is 0. The van der Waals surface area contributed by atoms with Gasteiger partial charge < -0.3 is 11.1 Å². The molecule has 0 radical (unpaired) electrons. The van der Waals surface area contributed by atoms with E-state index in [1.165, 1.54) is 0 Å². The summed E-state index contributed by atoms with van der Waals surface area (Å²) >= 11 is 0. The number of nitrogens with one attached hydrogen (secondary N) is 1. The van der Waals surface area contributed by atoms with Gasteiger partial charge in [0.15, 0.2) is 0 Å². The molecule has 0 aliphatic carbocycles. The molecule has 18 heavy (non-hydrogen) atoms. The van der Waals surface area contributed by atoms with Crippen molar-refractivity contribution >= 4 is 5.91 Å². The molecule has 0 aromatic carbocycles. The maximum absolute atomic E-state index is 12.6. The second-order valence-electron chi connectivity index (χ2n) is 3.20. The normalized spacial score (nSPS) is 10.4. The van der Waals surface area contributed by atoms with Crippen LogP contribution in [0.4, 0.5) is 13.2 Å². The summed E-state index contributed by atoms with van der Waals surface area (Å²) in [6, 6.07) is 0.850. The predicted octanol–water partition coefficient (Wildman–Crippen LogP) is 0.527. The van der Waals surface area contributed by atoms with E-state index in [9.17, 15) is 18.0 Å². The van der Waals surface area contributed by atoms with Crippen LogP contribution in [0.2, 0.25) is 0 Å². The van der Waals surface area contributed by atoms with Crippen molar-refractivity contribution in [1.29, 1.82) is 0 Å². The van der Waals surface area contributed by atoms with Crippen molar-refractivity contribution < 1.29 is 18.0 Å². The first-order valence-electron chi connectivity index (χ1n) is 4.92. The Kier molecular flexibility index (Phi) is 4.68. The molecule has 0 fully saturated rings. The first kappa shape index (κ1) is 14.0. The van der Waals surface area contributed by atoms with Crippen molar-refractivity contribution in [2.45, 2.75) is 6.18 Å². The van der Waals surface area contributed by atoms with Gasteiger partial charge in [0.25, 0.3) is 0 Å². The van der Waals surface area contributed by atoms with Crippen LogP contribution in [0, 0.1) is 11.8 Å². The molecule has 96 valence electrons. The van der Waals surface area contributed by atoms with Crippen LogP contribution in [-0.2, 0) is 11.0 Å². The van der Waals surface area contributed by atoms with Crippen LogP contribution in [-0.4, -0.2) is 24.0 Å². The quantitative estimate of drug-likeness (QED) is 0.759. The number of halogens is 3. The van der Waals surface area contributed by atoms with Gasteiger partial charge in [0, 0.05) is 12.4 Å². The van der Waals surface area contributed by atoms with E-state index in [4.69, 9.17) is 5.73 Å². The molecular formula is C11H10F3N3O. The lowest BCUT2D eigenvalue weighted by atomic mass is 10.1. The van der Waals surface area contributed by atoms with Crippen LogP contribution in [0.15, 0.2) is 18.5 Å². The van der Waals surface area contributed by atoms with Crippen molar-refractivity contribution in [2.24, 2.45) is 5.73 Å². The Labute approximate surface area is 101 Å². The number of pyridine rings is 1. The smallest absolute Gasteiger partial charge is 0.344 e. The molecular weight excluding hydrogens is 247 g/mol. The molecule has 0 aliphatic rings. The van der Waals surface area contributed by atoms with Crippen LogP contribution in [0.1, 0.15) is 11.1 Å². The zero-order chi connectivity index (χ0) is 13.6. The zero-order valence-electron chi connectivity index (χ0n) is 9.21. The SMILES string of the molecule is NCC(=O)NCC#Cc1cnccc1C(F)(F)F. The van der Waals surface area contributed by atoms with Gasteiger partial charge in [0.2, 0.25) is 5.91 Å². The summed E-state index contributed by atoms with van der Waals surface area (Å²) in [5.41, 5.74) is 3.95.